The Morgan fingerprint density at radius 1 is 1.09 bits per heavy atom. The Bertz CT molecular complexity index is 1210. The number of para-hydroxylation sites is 1. The van der Waals surface area contributed by atoms with Gasteiger partial charge in [-0.15, -0.1) is 11.8 Å². The predicted molar refractivity (Wildman–Crippen MR) is 129 cm³/mol. The van der Waals surface area contributed by atoms with E-state index in [1.807, 2.05) is 24.3 Å². The number of carbonyl (C=O) groups is 2. The molecule has 9 heteroatoms. The molecule has 2 aromatic rings. The molecule has 0 radical (unpaired) electrons. The second-order valence-corrected chi connectivity index (χ2v) is 12.0. The zero-order valence-electron chi connectivity index (χ0n) is 18.5. The Hall–Kier alpha value is -2.52. The highest BCUT2D eigenvalue weighted by Crippen LogP contribution is 2.39. The van der Waals surface area contributed by atoms with Crippen LogP contribution in [0.2, 0.25) is 0 Å². The van der Waals surface area contributed by atoms with E-state index in [-0.39, 0.29) is 10.8 Å². The summed E-state index contributed by atoms with van der Waals surface area (Å²) in [4.78, 5) is 28.4. The number of rotatable bonds is 3. The number of nitrogens with one attached hydrogen (secondary N) is 1. The first-order valence-corrected chi connectivity index (χ1v) is 13.7. The van der Waals surface area contributed by atoms with Crippen molar-refractivity contribution in [3.05, 3.63) is 48.0 Å². The zero-order valence-corrected chi connectivity index (χ0v) is 20.1. The molecule has 0 bridgehead atoms. The average molecular weight is 486 g/mol. The summed E-state index contributed by atoms with van der Waals surface area (Å²) in [7, 11) is -3.78. The fourth-order valence-corrected chi connectivity index (χ4v) is 7.30. The molecule has 33 heavy (non-hydrogen) atoms. The Balaban J connectivity index is 1.39. The highest BCUT2D eigenvalue weighted by atomic mass is 32.2. The summed E-state index contributed by atoms with van der Waals surface area (Å²) in [5.74, 6) is 0.0283. The summed E-state index contributed by atoms with van der Waals surface area (Å²) in [5, 5.41) is 1.94. The molecule has 0 spiro atoms. The molecular formula is C24H27N3O4S2. The van der Waals surface area contributed by atoms with E-state index in [1.54, 1.807) is 17.0 Å². The van der Waals surface area contributed by atoms with Gasteiger partial charge in [-0.25, -0.2) is 8.42 Å². The third-order valence-corrected chi connectivity index (χ3v) is 9.74. The smallest absolute Gasteiger partial charge is 0.264 e. The second-order valence-electron chi connectivity index (χ2n) is 8.96. The summed E-state index contributed by atoms with van der Waals surface area (Å²) < 4.78 is 28.4. The number of hydrogen-bond acceptors (Lipinski definition) is 5. The van der Waals surface area contributed by atoms with Gasteiger partial charge in [-0.2, -0.15) is 0 Å². The lowest BCUT2D eigenvalue weighted by atomic mass is 9.99. The van der Waals surface area contributed by atoms with E-state index in [4.69, 9.17) is 0 Å². The van der Waals surface area contributed by atoms with Crippen molar-refractivity contribution in [2.75, 3.05) is 29.3 Å². The lowest BCUT2D eigenvalue weighted by molar-refractivity contribution is -0.135. The molecule has 1 atom stereocenters. The Morgan fingerprint density at radius 3 is 2.64 bits per heavy atom. The fraction of sp³-hybridized carbons (Fsp3) is 0.417. The van der Waals surface area contributed by atoms with Crippen LogP contribution in [0.1, 0.15) is 31.7 Å². The van der Waals surface area contributed by atoms with Gasteiger partial charge >= 0.3 is 0 Å². The molecule has 2 aromatic carbocycles. The van der Waals surface area contributed by atoms with Gasteiger partial charge in [-0.05, 0) is 61.4 Å². The number of benzene rings is 2. The standard InChI is InChI=1S/C24H27N3O4S2/c1-16-10-13-26(14-11-16)24(29)22-23(28)25-19-15-18(8-9-21(19)32-22)33(30,31)27-12-4-6-17-5-2-3-7-20(17)27/h2-3,5,7-9,15-16,22H,4,6,10-14H2,1H3,(H,25,28)/t22-/m0/s1. The molecule has 7 nitrogen and oxygen atoms in total. The van der Waals surface area contributed by atoms with Crippen molar-refractivity contribution in [3.8, 4) is 0 Å². The number of hydrogen-bond donors (Lipinski definition) is 1. The molecule has 1 N–H and O–H groups in total. The van der Waals surface area contributed by atoms with Gasteiger partial charge in [0.25, 0.3) is 10.0 Å². The van der Waals surface area contributed by atoms with Crippen molar-refractivity contribution >= 4 is 45.0 Å². The number of amides is 2. The van der Waals surface area contributed by atoms with Crippen molar-refractivity contribution in [3.63, 3.8) is 0 Å². The summed E-state index contributed by atoms with van der Waals surface area (Å²) >= 11 is 1.20. The lowest BCUT2D eigenvalue weighted by Gasteiger charge is -2.34. The van der Waals surface area contributed by atoms with E-state index in [2.05, 4.69) is 12.2 Å². The molecule has 0 saturated carbocycles. The molecule has 0 unspecified atom stereocenters. The van der Waals surface area contributed by atoms with E-state index in [9.17, 15) is 18.0 Å². The maximum Gasteiger partial charge on any atom is 0.264 e. The summed E-state index contributed by atoms with van der Waals surface area (Å²) in [6.07, 6.45) is 3.50. The topological polar surface area (TPSA) is 86.8 Å². The highest BCUT2D eigenvalue weighted by Gasteiger charge is 2.38. The Kier molecular flexibility index (Phi) is 5.86. The van der Waals surface area contributed by atoms with Crippen LogP contribution in [0.15, 0.2) is 52.3 Å². The van der Waals surface area contributed by atoms with Crippen molar-refractivity contribution in [2.45, 2.75) is 47.6 Å². The third-order valence-electron chi connectivity index (χ3n) is 6.67. The number of nitrogens with zero attached hydrogens (tertiary/aromatic N) is 2. The van der Waals surface area contributed by atoms with Gasteiger partial charge in [-0.3, -0.25) is 13.9 Å². The first-order valence-electron chi connectivity index (χ1n) is 11.4. The molecule has 1 fully saturated rings. The zero-order chi connectivity index (χ0) is 23.2. The number of thioether (sulfide) groups is 1. The molecule has 174 valence electrons. The molecule has 0 aliphatic carbocycles. The van der Waals surface area contributed by atoms with Gasteiger partial charge in [0.2, 0.25) is 11.8 Å². The van der Waals surface area contributed by atoms with Crippen molar-refractivity contribution in [1.29, 1.82) is 0 Å². The monoisotopic (exact) mass is 485 g/mol. The summed E-state index contributed by atoms with van der Waals surface area (Å²) in [6, 6.07) is 12.3. The normalized spacial score (nSPS) is 21.2. The Labute approximate surface area is 198 Å². The molecule has 3 aliphatic heterocycles. The molecule has 3 aliphatic rings. The van der Waals surface area contributed by atoms with Gasteiger partial charge in [0.05, 0.1) is 16.3 Å². The molecule has 5 rings (SSSR count). The number of fused-ring (bicyclic) bond motifs is 2. The van der Waals surface area contributed by atoms with Crippen LogP contribution >= 0.6 is 11.8 Å². The molecule has 1 saturated heterocycles. The number of likely N-dealkylation sites (tertiary alicyclic amines) is 1. The quantitative estimate of drug-likeness (QED) is 0.673. The fourth-order valence-electron chi connectivity index (χ4n) is 4.68. The van der Waals surface area contributed by atoms with E-state index in [0.29, 0.717) is 41.8 Å². The van der Waals surface area contributed by atoms with Crippen LogP contribution in [0.3, 0.4) is 0 Å². The first kappa shape index (κ1) is 22.3. The number of anilines is 2. The van der Waals surface area contributed by atoms with Crippen LogP contribution in [-0.2, 0) is 26.0 Å². The van der Waals surface area contributed by atoms with Crippen molar-refractivity contribution in [2.24, 2.45) is 5.92 Å². The number of carbonyl (C=O) groups excluding carboxylic acids is 2. The van der Waals surface area contributed by atoms with Crippen molar-refractivity contribution < 1.29 is 18.0 Å². The maximum absolute atomic E-state index is 13.5. The predicted octanol–water partition coefficient (Wildman–Crippen LogP) is 3.50. The largest absolute Gasteiger partial charge is 0.341 e. The number of sulfonamides is 1. The van der Waals surface area contributed by atoms with Gasteiger partial charge in [0.15, 0.2) is 5.25 Å². The Morgan fingerprint density at radius 2 is 1.85 bits per heavy atom. The van der Waals surface area contributed by atoms with Crippen LogP contribution in [0.25, 0.3) is 0 Å². The van der Waals surface area contributed by atoms with E-state index in [1.165, 1.54) is 22.1 Å². The minimum Gasteiger partial charge on any atom is -0.341 e. The van der Waals surface area contributed by atoms with Crippen LogP contribution in [0, 0.1) is 5.92 Å². The number of piperidine rings is 1. The summed E-state index contributed by atoms with van der Waals surface area (Å²) in [6.45, 7) is 3.94. The van der Waals surface area contributed by atoms with Crippen molar-refractivity contribution in [1.82, 2.24) is 4.90 Å². The number of aryl methyl sites for hydroxylation is 1. The first-order chi connectivity index (χ1) is 15.8. The van der Waals surface area contributed by atoms with E-state index < -0.39 is 21.2 Å². The lowest BCUT2D eigenvalue weighted by Crippen LogP contribution is -2.47. The highest BCUT2D eigenvalue weighted by molar-refractivity contribution is 8.01. The molecule has 0 aromatic heterocycles. The summed E-state index contributed by atoms with van der Waals surface area (Å²) in [5.41, 5.74) is 2.16. The molecular weight excluding hydrogens is 458 g/mol. The van der Waals surface area contributed by atoms with E-state index in [0.717, 1.165) is 31.2 Å². The third kappa shape index (κ3) is 4.12. The van der Waals surface area contributed by atoms with Gasteiger partial charge in [0, 0.05) is 24.5 Å². The van der Waals surface area contributed by atoms with Crippen LogP contribution in [-0.4, -0.2) is 50.0 Å². The minimum atomic E-state index is -3.78. The SMILES string of the molecule is CC1CCN(C(=O)[C@H]2Sc3ccc(S(=O)(=O)N4CCCc5ccccc54)cc3NC2=O)CC1. The molecule has 3 heterocycles. The van der Waals surface area contributed by atoms with Gasteiger partial charge < -0.3 is 10.2 Å². The van der Waals surface area contributed by atoms with Crippen LogP contribution in [0.5, 0.6) is 0 Å². The molecule has 2 amide bonds. The van der Waals surface area contributed by atoms with E-state index >= 15 is 0 Å². The second kappa shape index (κ2) is 8.68. The van der Waals surface area contributed by atoms with Crippen LogP contribution < -0.4 is 9.62 Å². The average Bonchev–Trinajstić information content (AvgIpc) is 2.83. The van der Waals surface area contributed by atoms with Crippen LogP contribution in [0.4, 0.5) is 11.4 Å². The van der Waals surface area contributed by atoms with Gasteiger partial charge in [0.1, 0.15) is 0 Å². The van der Waals surface area contributed by atoms with Gasteiger partial charge in [-0.1, -0.05) is 25.1 Å². The minimum absolute atomic E-state index is 0.133. The maximum atomic E-state index is 13.5.